The molecule has 3 aromatic rings. The number of carboxylic acid groups (broad SMARTS) is 1. The molecule has 0 saturated carbocycles. The Morgan fingerprint density at radius 2 is 2.21 bits per heavy atom. The molecule has 96 valence electrons. The van der Waals surface area contributed by atoms with Crippen LogP contribution in [0.15, 0.2) is 22.8 Å². The van der Waals surface area contributed by atoms with Gasteiger partial charge in [0, 0.05) is 5.39 Å². The number of carbonyl (C=O) groups is 1. The summed E-state index contributed by atoms with van der Waals surface area (Å²) in [5.41, 5.74) is 0.676. The first-order valence-electron chi connectivity index (χ1n) is 5.17. The van der Waals surface area contributed by atoms with Crippen LogP contribution in [0.3, 0.4) is 0 Å². The second-order valence-electron chi connectivity index (χ2n) is 3.61. The zero-order valence-electron chi connectivity index (χ0n) is 9.62. The summed E-state index contributed by atoms with van der Waals surface area (Å²) in [7, 11) is 0. The molecule has 0 radical (unpaired) electrons. The lowest BCUT2D eigenvalue weighted by atomic mass is 10.2. The van der Waals surface area contributed by atoms with Crippen molar-refractivity contribution in [3.8, 4) is 0 Å². The van der Waals surface area contributed by atoms with Gasteiger partial charge in [-0.15, -0.1) is 11.3 Å². The number of nitrogens with zero attached hydrogens (tertiary/aromatic N) is 4. The van der Waals surface area contributed by atoms with Gasteiger partial charge in [-0.1, -0.05) is 0 Å². The average Bonchev–Trinajstić information content (AvgIpc) is 2.98. The molecule has 0 aliphatic rings. The van der Waals surface area contributed by atoms with Gasteiger partial charge in [0.25, 0.3) is 0 Å². The number of hydrogen-bond acceptors (Lipinski definition) is 7. The van der Waals surface area contributed by atoms with Gasteiger partial charge in [-0.2, -0.15) is 5.10 Å². The minimum atomic E-state index is -0.948. The fraction of sp³-hybridized carbons (Fsp3) is 0.100. The van der Waals surface area contributed by atoms with Crippen molar-refractivity contribution in [2.75, 3.05) is 0 Å². The first kappa shape index (κ1) is 12.1. The van der Waals surface area contributed by atoms with Crippen molar-refractivity contribution < 1.29 is 9.90 Å². The van der Waals surface area contributed by atoms with Crippen LogP contribution in [0.5, 0.6) is 0 Å². The van der Waals surface area contributed by atoms with E-state index in [0.29, 0.717) is 20.6 Å². The standard InChI is InChI=1S/C10H7N5O2S2/c1-4-5-7(18-6(4)9(16)17)11-2-12-8(5)19-10-13-3-14-15-10/h2-3H,1H3,(H,16,17)(H,13,14,15). The van der Waals surface area contributed by atoms with Crippen molar-refractivity contribution in [2.24, 2.45) is 0 Å². The van der Waals surface area contributed by atoms with Crippen LogP contribution >= 0.6 is 23.1 Å². The molecule has 0 amide bonds. The third kappa shape index (κ3) is 2.06. The first-order valence-corrected chi connectivity index (χ1v) is 6.80. The maximum atomic E-state index is 11.1. The van der Waals surface area contributed by atoms with Crippen LogP contribution in [-0.2, 0) is 0 Å². The Morgan fingerprint density at radius 1 is 1.37 bits per heavy atom. The van der Waals surface area contributed by atoms with Gasteiger partial charge in [0.2, 0.25) is 0 Å². The zero-order chi connectivity index (χ0) is 13.4. The fourth-order valence-corrected chi connectivity index (χ4v) is 3.54. The van der Waals surface area contributed by atoms with Gasteiger partial charge in [-0.3, -0.25) is 5.10 Å². The van der Waals surface area contributed by atoms with Crippen molar-refractivity contribution >= 4 is 39.3 Å². The molecule has 0 unspecified atom stereocenters. The highest BCUT2D eigenvalue weighted by atomic mass is 32.2. The van der Waals surface area contributed by atoms with Crippen LogP contribution in [0.4, 0.5) is 0 Å². The molecular formula is C10H7N5O2S2. The summed E-state index contributed by atoms with van der Waals surface area (Å²) in [5.74, 6) is -0.948. The lowest BCUT2D eigenvalue weighted by Crippen LogP contribution is -1.94. The number of rotatable bonds is 3. The van der Waals surface area contributed by atoms with Crippen molar-refractivity contribution in [1.29, 1.82) is 0 Å². The van der Waals surface area contributed by atoms with E-state index in [-0.39, 0.29) is 4.88 Å². The molecule has 0 atom stereocenters. The number of nitrogens with one attached hydrogen (secondary N) is 1. The quantitative estimate of drug-likeness (QED) is 0.711. The number of H-pyrrole nitrogens is 1. The monoisotopic (exact) mass is 293 g/mol. The maximum Gasteiger partial charge on any atom is 0.346 e. The van der Waals surface area contributed by atoms with E-state index < -0.39 is 5.97 Å². The molecule has 3 heterocycles. The minimum Gasteiger partial charge on any atom is -0.477 e. The Morgan fingerprint density at radius 3 is 2.89 bits per heavy atom. The smallest absolute Gasteiger partial charge is 0.346 e. The summed E-state index contributed by atoms with van der Waals surface area (Å²) in [6.07, 6.45) is 2.83. The van der Waals surface area contributed by atoms with Crippen LogP contribution in [0.2, 0.25) is 0 Å². The molecule has 19 heavy (non-hydrogen) atoms. The van der Waals surface area contributed by atoms with E-state index in [1.165, 1.54) is 24.4 Å². The highest BCUT2D eigenvalue weighted by molar-refractivity contribution is 7.99. The predicted molar refractivity (Wildman–Crippen MR) is 69.6 cm³/mol. The largest absolute Gasteiger partial charge is 0.477 e. The Kier molecular flexibility index (Phi) is 2.91. The number of hydrogen-bond donors (Lipinski definition) is 2. The molecule has 7 nitrogen and oxygen atoms in total. The summed E-state index contributed by atoms with van der Waals surface area (Å²) in [6.45, 7) is 1.76. The SMILES string of the molecule is Cc1c(C(=O)O)sc2ncnc(Sc3ncn[nH]3)c12. The number of aromatic amines is 1. The third-order valence-corrected chi connectivity index (χ3v) is 4.55. The summed E-state index contributed by atoms with van der Waals surface area (Å²) < 4.78 is 0. The molecule has 0 fully saturated rings. The topological polar surface area (TPSA) is 105 Å². The van der Waals surface area contributed by atoms with Crippen LogP contribution in [0.25, 0.3) is 10.2 Å². The summed E-state index contributed by atoms with van der Waals surface area (Å²) in [6, 6.07) is 0. The predicted octanol–water partition coefficient (Wildman–Crippen LogP) is 1.97. The number of thiophene rings is 1. The second kappa shape index (κ2) is 4.59. The summed E-state index contributed by atoms with van der Waals surface area (Å²) in [4.78, 5) is 24.4. The van der Waals surface area contributed by atoms with E-state index in [4.69, 9.17) is 5.11 Å². The Labute approximate surface area is 115 Å². The molecule has 0 aliphatic heterocycles. The van der Waals surface area contributed by atoms with E-state index in [0.717, 1.165) is 16.7 Å². The molecule has 9 heteroatoms. The fourth-order valence-electron chi connectivity index (χ4n) is 1.66. The van der Waals surface area contributed by atoms with Gasteiger partial charge in [0.1, 0.15) is 27.4 Å². The summed E-state index contributed by atoms with van der Waals surface area (Å²) >= 11 is 2.44. The lowest BCUT2D eigenvalue weighted by molar-refractivity contribution is 0.0701. The van der Waals surface area contributed by atoms with E-state index in [2.05, 4.69) is 25.1 Å². The van der Waals surface area contributed by atoms with Gasteiger partial charge in [0.15, 0.2) is 5.16 Å². The van der Waals surface area contributed by atoms with Gasteiger partial charge < -0.3 is 5.11 Å². The van der Waals surface area contributed by atoms with Crippen molar-refractivity contribution in [3.05, 3.63) is 23.1 Å². The number of aromatic nitrogens is 5. The number of aromatic carboxylic acids is 1. The average molecular weight is 293 g/mol. The molecule has 2 N–H and O–H groups in total. The van der Waals surface area contributed by atoms with E-state index in [1.54, 1.807) is 6.92 Å². The van der Waals surface area contributed by atoms with Crippen molar-refractivity contribution in [3.63, 3.8) is 0 Å². The van der Waals surface area contributed by atoms with Crippen LogP contribution < -0.4 is 0 Å². The van der Waals surface area contributed by atoms with Crippen LogP contribution in [-0.4, -0.2) is 36.2 Å². The Balaban J connectivity index is 2.17. The van der Waals surface area contributed by atoms with Gasteiger partial charge in [0.05, 0.1) is 0 Å². The molecule has 0 spiro atoms. The minimum absolute atomic E-state index is 0.287. The highest BCUT2D eigenvalue weighted by Gasteiger charge is 2.19. The van der Waals surface area contributed by atoms with E-state index in [1.807, 2.05) is 0 Å². The second-order valence-corrected chi connectivity index (χ2v) is 5.59. The van der Waals surface area contributed by atoms with Crippen molar-refractivity contribution in [1.82, 2.24) is 25.1 Å². The molecule has 3 rings (SSSR count). The first-order chi connectivity index (χ1) is 9.16. The van der Waals surface area contributed by atoms with E-state index in [9.17, 15) is 4.79 Å². The zero-order valence-corrected chi connectivity index (χ0v) is 11.2. The molecule has 0 bridgehead atoms. The van der Waals surface area contributed by atoms with Crippen molar-refractivity contribution in [2.45, 2.75) is 17.1 Å². The van der Waals surface area contributed by atoms with Gasteiger partial charge >= 0.3 is 5.97 Å². The molecule has 0 aliphatic carbocycles. The third-order valence-electron chi connectivity index (χ3n) is 2.47. The highest BCUT2D eigenvalue weighted by Crippen LogP contribution is 2.36. The molecule has 0 saturated heterocycles. The molecular weight excluding hydrogens is 286 g/mol. The number of carboxylic acids is 1. The van der Waals surface area contributed by atoms with Gasteiger partial charge in [-0.05, 0) is 24.2 Å². The van der Waals surface area contributed by atoms with Crippen LogP contribution in [0.1, 0.15) is 15.2 Å². The number of aryl methyl sites for hydroxylation is 1. The number of fused-ring (bicyclic) bond motifs is 1. The molecule has 0 aromatic carbocycles. The lowest BCUT2D eigenvalue weighted by Gasteiger charge is -1.99. The summed E-state index contributed by atoms with van der Waals surface area (Å²) in [5, 5.41) is 17.7. The van der Waals surface area contributed by atoms with E-state index >= 15 is 0 Å². The van der Waals surface area contributed by atoms with Crippen LogP contribution in [0, 0.1) is 6.92 Å². The Hall–Kier alpha value is -2.00. The molecule has 3 aromatic heterocycles. The normalized spacial score (nSPS) is 11.0. The van der Waals surface area contributed by atoms with Gasteiger partial charge in [-0.25, -0.2) is 19.7 Å². The maximum absolute atomic E-state index is 11.1. The Bertz CT molecular complexity index is 753.